The van der Waals surface area contributed by atoms with E-state index in [9.17, 15) is 13.2 Å². The van der Waals surface area contributed by atoms with E-state index in [2.05, 4.69) is 10.3 Å². The molecule has 0 atom stereocenters. The predicted octanol–water partition coefficient (Wildman–Crippen LogP) is 3.60. The van der Waals surface area contributed by atoms with Crippen LogP contribution in [0, 0.1) is 0 Å². The summed E-state index contributed by atoms with van der Waals surface area (Å²) in [5.74, 6) is 0.466. The Kier molecular flexibility index (Phi) is 3.17. The molecular formula is C12H11F3N2. The van der Waals surface area contributed by atoms with Crippen molar-refractivity contribution in [1.82, 2.24) is 4.98 Å². The maximum atomic E-state index is 12.0. The normalized spacial score (nSPS) is 11.7. The van der Waals surface area contributed by atoms with Crippen LogP contribution < -0.4 is 5.32 Å². The number of nitrogens with zero attached hydrogens (tertiary/aromatic N) is 1. The summed E-state index contributed by atoms with van der Waals surface area (Å²) in [4.78, 5) is 4.22. The SMILES string of the molecule is FC(F)(F)CCNc1ccc2ccccc2n1. The summed E-state index contributed by atoms with van der Waals surface area (Å²) >= 11 is 0. The molecule has 0 spiro atoms. The molecule has 2 rings (SSSR count). The summed E-state index contributed by atoms with van der Waals surface area (Å²) < 4.78 is 35.9. The smallest absolute Gasteiger partial charge is 0.370 e. The molecular weight excluding hydrogens is 229 g/mol. The highest BCUT2D eigenvalue weighted by Crippen LogP contribution is 2.20. The number of pyridine rings is 1. The van der Waals surface area contributed by atoms with Crippen molar-refractivity contribution >= 4 is 16.7 Å². The molecule has 2 aromatic rings. The van der Waals surface area contributed by atoms with Gasteiger partial charge in [-0.25, -0.2) is 4.98 Å². The molecule has 0 unspecified atom stereocenters. The van der Waals surface area contributed by atoms with Gasteiger partial charge < -0.3 is 5.32 Å². The molecule has 0 aliphatic carbocycles. The molecule has 1 aromatic carbocycles. The minimum absolute atomic E-state index is 0.158. The molecule has 1 N–H and O–H groups in total. The van der Waals surface area contributed by atoms with Gasteiger partial charge in [-0.05, 0) is 18.2 Å². The van der Waals surface area contributed by atoms with E-state index in [-0.39, 0.29) is 6.54 Å². The van der Waals surface area contributed by atoms with Gasteiger partial charge in [-0.2, -0.15) is 13.2 Å². The number of hydrogen-bond acceptors (Lipinski definition) is 2. The first-order valence-corrected chi connectivity index (χ1v) is 5.21. The van der Waals surface area contributed by atoms with Crippen molar-refractivity contribution in [1.29, 1.82) is 0 Å². The van der Waals surface area contributed by atoms with Gasteiger partial charge in [0.1, 0.15) is 5.82 Å². The molecule has 90 valence electrons. The van der Waals surface area contributed by atoms with Gasteiger partial charge in [-0.3, -0.25) is 0 Å². The summed E-state index contributed by atoms with van der Waals surface area (Å²) in [5.41, 5.74) is 0.768. The lowest BCUT2D eigenvalue weighted by atomic mass is 10.2. The number of anilines is 1. The van der Waals surface area contributed by atoms with Gasteiger partial charge in [-0.1, -0.05) is 18.2 Å². The number of rotatable bonds is 3. The van der Waals surface area contributed by atoms with E-state index in [1.807, 2.05) is 30.3 Å². The van der Waals surface area contributed by atoms with Crippen molar-refractivity contribution in [2.75, 3.05) is 11.9 Å². The van der Waals surface area contributed by atoms with Crippen LogP contribution >= 0.6 is 0 Å². The molecule has 0 saturated carbocycles. The first kappa shape index (κ1) is 11.7. The van der Waals surface area contributed by atoms with Crippen LogP contribution in [0.15, 0.2) is 36.4 Å². The fourth-order valence-electron chi connectivity index (χ4n) is 1.50. The lowest BCUT2D eigenvalue weighted by molar-refractivity contribution is -0.131. The van der Waals surface area contributed by atoms with Crippen LogP contribution in [0.25, 0.3) is 10.9 Å². The molecule has 0 aliphatic rings. The largest absolute Gasteiger partial charge is 0.390 e. The van der Waals surface area contributed by atoms with Crippen LogP contribution in [0.3, 0.4) is 0 Å². The highest BCUT2D eigenvalue weighted by Gasteiger charge is 2.26. The van der Waals surface area contributed by atoms with Crippen molar-refractivity contribution in [3.05, 3.63) is 36.4 Å². The highest BCUT2D eigenvalue weighted by atomic mass is 19.4. The van der Waals surface area contributed by atoms with Gasteiger partial charge in [-0.15, -0.1) is 0 Å². The Morgan fingerprint density at radius 1 is 1.06 bits per heavy atom. The van der Waals surface area contributed by atoms with Crippen LogP contribution in [0.4, 0.5) is 19.0 Å². The minimum Gasteiger partial charge on any atom is -0.370 e. The van der Waals surface area contributed by atoms with Crippen molar-refractivity contribution in [2.24, 2.45) is 0 Å². The Balaban J connectivity index is 2.04. The average molecular weight is 240 g/mol. The van der Waals surface area contributed by atoms with Crippen LogP contribution in [-0.2, 0) is 0 Å². The van der Waals surface area contributed by atoms with Gasteiger partial charge in [0.05, 0.1) is 11.9 Å². The van der Waals surface area contributed by atoms with Gasteiger partial charge in [0.15, 0.2) is 0 Å². The summed E-state index contributed by atoms with van der Waals surface area (Å²) in [7, 11) is 0. The van der Waals surface area contributed by atoms with E-state index in [0.29, 0.717) is 5.82 Å². The van der Waals surface area contributed by atoms with Gasteiger partial charge in [0.25, 0.3) is 0 Å². The van der Waals surface area contributed by atoms with Gasteiger partial charge >= 0.3 is 6.18 Å². The molecule has 17 heavy (non-hydrogen) atoms. The Labute approximate surface area is 96.5 Å². The lowest BCUT2D eigenvalue weighted by Crippen LogP contribution is -2.15. The fraction of sp³-hybridized carbons (Fsp3) is 0.250. The molecule has 0 radical (unpaired) electrons. The second-order valence-corrected chi connectivity index (χ2v) is 3.68. The minimum atomic E-state index is -4.14. The topological polar surface area (TPSA) is 24.9 Å². The quantitative estimate of drug-likeness (QED) is 0.886. The zero-order valence-corrected chi connectivity index (χ0v) is 8.96. The fourth-order valence-corrected chi connectivity index (χ4v) is 1.50. The van der Waals surface area contributed by atoms with E-state index < -0.39 is 12.6 Å². The number of benzene rings is 1. The van der Waals surface area contributed by atoms with Gasteiger partial charge in [0.2, 0.25) is 0 Å². The lowest BCUT2D eigenvalue weighted by Gasteiger charge is -2.08. The Morgan fingerprint density at radius 3 is 2.59 bits per heavy atom. The van der Waals surface area contributed by atoms with Crippen LogP contribution in [0.2, 0.25) is 0 Å². The third-order valence-corrected chi connectivity index (χ3v) is 2.31. The summed E-state index contributed by atoms with van der Waals surface area (Å²) in [5, 5.41) is 3.63. The second kappa shape index (κ2) is 4.61. The number of hydrogen-bond donors (Lipinski definition) is 1. The molecule has 0 bridgehead atoms. The monoisotopic (exact) mass is 240 g/mol. The van der Waals surface area contributed by atoms with Gasteiger partial charge in [0, 0.05) is 11.9 Å². The summed E-state index contributed by atoms with van der Waals surface area (Å²) in [6, 6.07) is 11.0. The molecule has 1 aromatic heterocycles. The number of nitrogens with one attached hydrogen (secondary N) is 1. The number of halogens is 3. The molecule has 0 saturated heterocycles. The van der Waals surface area contributed by atoms with Crippen molar-refractivity contribution in [3.63, 3.8) is 0 Å². The molecule has 0 amide bonds. The zero-order valence-electron chi connectivity index (χ0n) is 8.96. The summed E-state index contributed by atoms with van der Waals surface area (Å²) in [6.07, 6.45) is -4.99. The standard InChI is InChI=1S/C12H11F3N2/c13-12(14,15)7-8-16-11-6-5-9-3-1-2-4-10(9)17-11/h1-6H,7-8H2,(H,16,17). The van der Waals surface area contributed by atoms with E-state index in [0.717, 1.165) is 10.9 Å². The van der Waals surface area contributed by atoms with Crippen LogP contribution in [0.5, 0.6) is 0 Å². The third kappa shape index (κ3) is 3.34. The highest BCUT2D eigenvalue weighted by molar-refractivity contribution is 5.79. The van der Waals surface area contributed by atoms with Crippen molar-refractivity contribution in [2.45, 2.75) is 12.6 Å². The number of fused-ring (bicyclic) bond motifs is 1. The molecule has 0 aliphatic heterocycles. The third-order valence-electron chi connectivity index (χ3n) is 2.31. The molecule has 5 heteroatoms. The van der Waals surface area contributed by atoms with Crippen molar-refractivity contribution in [3.8, 4) is 0 Å². The molecule has 1 heterocycles. The first-order valence-electron chi connectivity index (χ1n) is 5.21. The molecule has 2 nitrogen and oxygen atoms in total. The molecule has 0 fully saturated rings. The van der Waals surface area contributed by atoms with Crippen LogP contribution in [-0.4, -0.2) is 17.7 Å². The maximum Gasteiger partial charge on any atom is 0.390 e. The number of para-hydroxylation sites is 1. The van der Waals surface area contributed by atoms with Crippen molar-refractivity contribution < 1.29 is 13.2 Å². The summed E-state index contributed by atoms with van der Waals surface area (Å²) in [6.45, 7) is -0.158. The average Bonchev–Trinajstić information content (AvgIpc) is 2.27. The van der Waals surface area contributed by atoms with Crippen LogP contribution in [0.1, 0.15) is 6.42 Å². The number of alkyl halides is 3. The van der Waals surface area contributed by atoms with E-state index >= 15 is 0 Å². The predicted molar refractivity (Wildman–Crippen MR) is 60.9 cm³/mol. The van der Waals surface area contributed by atoms with E-state index in [4.69, 9.17) is 0 Å². The Hall–Kier alpha value is -1.78. The number of aromatic nitrogens is 1. The second-order valence-electron chi connectivity index (χ2n) is 3.68. The zero-order chi connectivity index (χ0) is 12.3. The Bertz CT molecular complexity index is 508. The maximum absolute atomic E-state index is 12.0. The van der Waals surface area contributed by atoms with E-state index in [1.165, 1.54) is 0 Å². The Morgan fingerprint density at radius 2 is 1.82 bits per heavy atom. The first-order chi connectivity index (χ1) is 8.04. The van der Waals surface area contributed by atoms with E-state index in [1.54, 1.807) is 6.07 Å².